The maximum Gasteiger partial charge on any atom is 0.280 e. The van der Waals surface area contributed by atoms with Crippen molar-refractivity contribution in [2.45, 2.75) is 6.92 Å². The van der Waals surface area contributed by atoms with E-state index in [1.54, 1.807) is 13.1 Å². The predicted molar refractivity (Wildman–Crippen MR) is 65.5 cm³/mol. The molecule has 2 aromatic heterocycles. The molecule has 2 aromatic rings. The van der Waals surface area contributed by atoms with Gasteiger partial charge in [0, 0.05) is 0 Å². The molecule has 0 fully saturated rings. The smallest absolute Gasteiger partial charge is 0.280 e. The fraction of sp³-hybridized carbons (Fsp3) is 0.125. The number of aryl methyl sites for hydroxylation is 1. The number of nitrogens with zero attached hydrogens (tertiary/aromatic N) is 2. The predicted octanol–water partition coefficient (Wildman–Crippen LogP) is 1.77. The first kappa shape index (κ1) is 11.1. The Hall–Kier alpha value is -1.41. The molecule has 16 heavy (non-hydrogen) atoms. The number of aromatic nitrogens is 3. The van der Waals surface area contributed by atoms with Crippen LogP contribution in [0, 0.1) is 6.92 Å². The zero-order chi connectivity index (χ0) is 11.7. The molecule has 2 rings (SSSR count). The highest BCUT2D eigenvalue weighted by Crippen LogP contribution is 2.24. The Bertz CT molecular complexity index is 534. The summed E-state index contributed by atoms with van der Waals surface area (Å²) in [6, 6.07) is 0. The lowest BCUT2D eigenvalue weighted by molar-refractivity contribution is 0.102. The number of halogens is 1. The van der Waals surface area contributed by atoms with Crippen LogP contribution in [0.15, 0.2) is 9.98 Å². The Balaban J connectivity index is 2.18. The molecule has 1 amide bonds. The third kappa shape index (κ3) is 2.07. The molecular weight excluding hydrogens is 294 g/mol. The summed E-state index contributed by atoms with van der Waals surface area (Å²) in [6.07, 6.45) is 1.61. The van der Waals surface area contributed by atoms with Crippen molar-refractivity contribution in [2.75, 3.05) is 11.1 Å². The standard InChI is InChI=1S/C8H8BrN5OS/c1-3-5(10)6(14-13-3)7(15)12-8-11-2-4(9)16-8/h2H,10H2,1H3,(H,13,14)(H,11,12,15). The van der Waals surface area contributed by atoms with Gasteiger partial charge in [0.2, 0.25) is 0 Å². The zero-order valence-electron chi connectivity index (χ0n) is 8.24. The van der Waals surface area contributed by atoms with E-state index in [1.807, 2.05) is 0 Å². The number of amides is 1. The van der Waals surface area contributed by atoms with Gasteiger partial charge in [0.25, 0.3) is 5.91 Å². The van der Waals surface area contributed by atoms with Gasteiger partial charge in [0.05, 0.1) is 21.4 Å². The average molecular weight is 302 g/mol. The highest BCUT2D eigenvalue weighted by molar-refractivity contribution is 9.11. The molecule has 0 aromatic carbocycles. The first-order chi connectivity index (χ1) is 7.58. The topological polar surface area (TPSA) is 96.7 Å². The van der Waals surface area contributed by atoms with Gasteiger partial charge in [-0.2, -0.15) is 5.10 Å². The van der Waals surface area contributed by atoms with Crippen LogP contribution in [0.3, 0.4) is 0 Å². The number of rotatable bonds is 2. The minimum atomic E-state index is -0.372. The van der Waals surface area contributed by atoms with Gasteiger partial charge >= 0.3 is 0 Å². The van der Waals surface area contributed by atoms with Crippen molar-refractivity contribution in [3.05, 3.63) is 21.4 Å². The molecule has 0 atom stereocenters. The molecule has 0 saturated carbocycles. The fourth-order valence-corrected chi connectivity index (χ4v) is 2.18. The normalized spacial score (nSPS) is 10.4. The van der Waals surface area contributed by atoms with Crippen LogP contribution in [0.5, 0.6) is 0 Å². The number of anilines is 2. The molecule has 0 aliphatic heterocycles. The van der Waals surface area contributed by atoms with Gasteiger partial charge in [0.1, 0.15) is 0 Å². The SMILES string of the molecule is Cc1[nH]nc(C(=O)Nc2ncc(Br)s2)c1N. The Morgan fingerprint density at radius 3 is 2.94 bits per heavy atom. The van der Waals surface area contributed by atoms with E-state index in [2.05, 4.69) is 36.4 Å². The second kappa shape index (κ2) is 4.22. The highest BCUT2D eigenvalue weighted by Gasteiger charge is 2.16. The first-order valence-corrected chi connectivity index (χ1v) is 5.92. The van der Waals surface area contributed by atoms with Crippen LogP contribution in [-0.2, 0) is 0 Å². The van der Waals surface area contributed by atoms with Crippen molar-refractivity contribution in [1.82, 2.24) is 15.2 Å². The second-order valence-corrected chi connectivity index (χ2v) is 5.44. The summed E-state index contributed by atoms with van der Waals surface area (Å²) in [6.45, 7) is 1.75. The molecule has 0 spiro atoms. The summed E-state index contributed by atoms with van der Waals surface area (Å²) < 4.78 is 0.842. The molecular formula is C8H8BrN5OS. The number of carbonyl (C=O) groups is 1. The van der Waals surface area contributed by atoms with Crippen molar-refractivity contribution in [3.8, 4) is 0 Å². The van der Waals surface area contributed by atoms with E-state index in [9.17, 15) is 4.79 Å². The molecule has 4 N–H and O–H groups in total. The third-order valence-electron chi connectivity index (χ3n) is 1.91. The molecule has 8 heteroatoms. The number of hydrogen-bond acceptors (Lipinski definition) is 5. The van der Waals surface area contributed by atoms with Crippen LogP contribution in [0.25, 0.3) is 0 Å². The van der Waals surface area contributed by atoms with E-state index in [-0.39, 0.29) is 11.6 Å². The van der Waals surface area contributed by atoms with E-state index in [0.29, 0.717) is 16.5 Å². The Morgan fingerprint density at radius 1 is 1.69 bits per heavy atom. The second-order valence-electron chi connectivity index (χ2n) is 3.03. The third-order valence-corrected chi connectivity index (χ3v) is 3.30. The molecule has 6 nitrogen and oxygen atoms in total. The lowest BCUT2D eigenvalue weighted by Gasteiger charge is -1.98. The van der Waals surface area contributed by atoms with Crippen LogP contribution in [0.4, 0.5) is 10.8 Å². The highest BCUT2D eigenvalue weighted by atomic mass is 79.9. The summed E-state index contributed by atoms with van der Waals surface area (Å²) in [5.74, 6) is -0.372. The van der Waals surface area contributed by atoms with Gasteiger partial charge in [-0.1, -0.05) is 11.3 Å². The van der Waals surface area contributed by atoms with E-state index in [4.69, 9.17) is 5.73 Å². The number of nitrogens with one attached hydrogen (secondary N) is 2. The van der Waals surface area contributed by atoms with E-state index >= 15 is 0 Å². The molecule has 0 aliphatic rings. The summed E-state index contributed by atoms with van der Waals surface area (Å²) >= 11 is 4.57. The lowest BCUT2D eigenvalue weighted by atomic mass is 10.3. The summed E-state index contributed by atoms with van der Waals surface area (Å²) in [4.78, 5) is 15.7. The molecule has 0 aliphatic carbocycles. The van der Waals surface area contributed by atoms with Gasteiger partial charge in [-0.25, -0.2) is 4.98 Å². The van der Waals surface area contributed by atoms with Gasteiger partial charge in [-0.15, -0.1) is 0 Å². The molecule has 0 saturated heterocycles. The number of carbonyl (C=O) groups excluding carboxylic acids is 1. The summed E-state index contributed by atoms with van der Waals surface area (Å²) in [5.41, 5.74) is 6.89. The number of aromatic amines is 1. The molecule has 0 bridgehead atoms. The van der Waals surface area contributed by atoms with Gasteiger partial charge in [-0.05, 0) is 22.9 Å². The zero-order valence-corrected chi connectivity index (χ0v) is 10.6. The van der Waals surface area contributed by atoms with E-state index in [1.165, 1.54) is 11.3 Å². The van der Waals surface area contributed by atoms with Crippen LogP contribution in [0.2, 0.25) is 0 Å². The quantitative estimate of drug-likeness (QED) is 0.787. The number of nitrogens with two attached hydrogens (primary N) is 1. The Labute approximate surface area is 103 Å². The largest absolute Gasteiger partial charge is 0.395 e. The Kier molecular flexibility index (Phi) is 2.92. The van der Waals surface area contributed by atoms with E-state index in [0.717, 1.165) is 3.79 Å². The monoisotopic (exact) mass is 301 g/mol. The van der Waals surface area contributed by atoms with Gasteiger partial charge < -0.3 is 5.73 Å². The number of nitrogen functional groups attached to an aromatic ring is 1. The number of H-pyrrole nitrogens is 1. The minimum Gasteiger partial charge on any atom is -0.395 e. The van der Waals surface area contributed by atoms with Crippen molar-refractivity contribution >= 4 is 44.0 Å². The van der Waals surface area contributed by atoms with Crippen molar-refractivity contribution < 1.29 is 4.79 Å². The molecule has 84 valence electrons. The fourth-order valence-electron chi connectivity index (χ4n) is 1.08. The summed E-state index contributed by atoms with van der Waals surface area (Å²) in [7, 11) is 0. The van der Waals surface area contributed by atoms with Gasteiger partial charge in [-0.3, -0.25) is 15.2 Å². The average Bonchev–Trinajstić information content (AvgIpc) is 2.76. The minimum absolute atomic E-state index is 0.184. The summed E-state index contributed by atoms with van der Waals surface area (Å²) in [5, 5.41) is 9.57. The first-order valence-electron chi connectivity index (χ1n) is 4.31. The van der Waals surface area contributed by atoms with Crippen molar-refractivity contribution in [3.63, 3.8) is 0 Å². The molecule has 0 radical (unpaired) electrons. The number of hydrogen-bond donors (Lipinski definition) is 3. The van der Waals surface area contributed by atoms with E-state index < -0.39 is 0 Å². The Morgan fingerprint density at radius 2 is 2.44 bits per heavy atom. The van der Waals surface area contributed by atoms with Crippen molar-refractivity contribution in [1.29, 1.82) is 0 Å². The van der Waals surface area contributed by atoms with Crippen LogP contribution in [-0.4, -0.2) is 21.1 Å². The van der Waals surface area contributed by atoms with Crippen LogP contribution in [0.1, 0.15) is 16.2 Å². The maximum atomic E-state index is 11.7. The van der Waals surface area contributed by atoms with Crippen LogP contribution >= 0.6 is 27.3 Å². The lowest BCUT2D eigenvalue weighted by Crippen LogP contribution is -2.14. The number of thiazole rings is 1. The van der Waals surface area contributed by atoms with Crippen LogP contribution < -0.4 is 11.1 Å². The molecule has 2 heterocycles. The van der Waals surface area contributed by atoms with Gasteiger partial charge in [0.15, 0.2) is 10.8 Å². The van der Waals surface area contributed by atoms with Crippen molar-refractivity contribution in [2.24, 2.45) is 0 Å². The molecule has 0 unspecified atom stereocenters. The maximum absolute atomic E-state index is 11.7.